The van der Waals surface area contributed by atoms with Crippen molar-refractivity contribution in [2.24, 2.45) is 0 Å². The fourth-order valence-electron chi connectivity index (χ4n) is 3.01. The number of aliphatic carboxylic acids is 1. The molecule has 0 aliphatic rings. The molecule has 3 aromatic carbocycles. The summed E-state index contributed by atoms with van der Waals surface area (Å²) in [5, 5.41) is 23.8. The van der Waals surface area contributed by atoms with E-state index >= 15 is 0 Å². The van der Waals surface area contributed by atoms with Crippen molar-refractivity contribution in [3.63, 3.8) is 0 Å². The average Bonchev–Trinajstić information content (AvgIpc) is 2.72. The number of hydrogen-bond acceptors (Lipinski definition) is 6. The van der Waals surface area contributed by atoms with E-state index in [1.54, 1.807) is 42.5 Å². The summed E-state index contributed by atoms with van der Waals surface area (Å²) in [5.41, 5.74) is 9.67. The molecule has 6 nitrogen and oxygen atoms in total. The molecule has 1 atom stereocenters. The highest BCUT2D eigenvalue weighted by molar-refractivity contribution is 5.79. The summed E-state index contributed by atoms with van der Waals surface area (Å²) in [4.78, 5) is 11.9. The lowest BCUT2D eigenvalue weighted by atomic mass is 9.98. The molecular formula is C23H20N3O3-. The number of nitrogens with one attached hydrogen (secondary N) is 1. The third-order valence-corrected chi connectivity index (χ3v) is 4.35. The van der Waals surface area contributed by atoms with Gasteiger partial charge in [0, 0.05) is 11.4 Å². The zero-order chi connectivity index (χ0) is 20.8. The van der Waals surface area contributed by atoms with Gasteiger partial charge in [0.2, 0.25) is 0 Å². The van der Waals surface area contributed by atoms with Gasteiger partial charge in [0.15, 0.2) is 0 Å². The largest absolute Gasteiger partial charge is 0.548 e. The van der Waals surface area contributed by atoms with Crippen molar-refractivity contribution in [1.82, 2.24) is 0 Å². The Morgan fingerprint density at radius 1 is 1.14 bits per heavy atom. The number of nitriles is 1. The summed E-state index contributed by atoms with van der Waals surface area (Å²) < 4.78 is 5.64. The fraction of sp³-hybridized carbons (Fsp3) is 0.130. The first kappa shape index (κ1) is 19.8. The number of ether oxygens (including phenoxy) is 1. The highest BCUT2D eigenvalue weighted by Gasteiger charge is 2.16. The number of carboxylic acid groups (broad SMARTS) is 1. The maximum Gasteiger partial charge on any atom is 0.120 e. The Labute approximate surface area is 169 Å². The minimum atomic E-state index is -1.28. The van der Waals surface area contributed by atoms with Gasteiger partial charge in [0.25, 0.3) is 0 Å². The molecule has 0 amide bonds. The van der Waals surface area contributed by atoms with Gasteiger partial charge in [-0.3, -0.25) is 0 Å². The molecule has 0 heterocycles. The maximum absolute atomic E-state index is 11.9. The maximum atomic E-state index is 11.9. The smallest absolute Gasteiger partial charge is 0.120 e. The Kier molecular flexibility index (Phi) is 6.00. The van der Waals surface area contributed by atoms with Crippen molar-refractivity contribution in [1.29, 1.82) is 5.26 Å². The standard InChI is InChI=1S/C23H21N3O3/c1-2-29-21-12-17(16-4-3-5-19(25)11-16)10-18(13-21)22(23(27)28)26-20-8-6-15(14-24)7-9-20/h3-13,22,26H,2,25H2,1H3,(H,27,28)/p-1. The van der Waals surface area contributed by atoms with Gasteiger partial charge >= 0.3 is 0 Å². The van der Waals surface area contributed by atoms with E-state index in [2.05, 4.69) is 5.32 Å². The zero-order valence-corrected chi connectivity index (χ0v) is 15.9. The molecule has 3 rings (SSSR count). The van der Waals surface area contributed by atoms with E-state index in [0.717, 1.165) is 11.1 Å². The van der Waals surface area contributed by atoms with Crippen LogP contribution < -0.4 is 20.9 Å². The molecule has 6 heteroatoms. The third kappa shape index (κ3) is 4.85. The number of carboxylic acids is 1. The van der Waals surface area contributed by atoms with Crippen molar-refractivity contribution >= 4 is 17.3 Å². The van der Waals surface area contributed by atoms with Crippen LogP contribution in [0.5, 0.6) is 5.75 Å². The zero-order valence-electron chi connectivity index (χ0n) is 15.9. The molecule has 3 N–H and O–H groups in total. The van der Waals surface area contributed by atoms with E-state index in [-0.39, 0.29) is 0 Å². The van der Waals surface area contributed by atoms with E-state index in [4.69, 9.17) is 15.7 Å². The Balaban J connectivity index is 2.02. The molecule has 0 saturated heterocycles. The predicted octanol–water partition coefficient (Wildman–Crippen LogP) is 3.11. The Morgan fingerprint density at radius 3 is 2.52 bits per heavy atom. The van der Waals surface area contributed by atoms with Gasteiger partial charge < -0.3 is 25.7 Å². The molecule has 0 aromatic heterocycles. The molecule has 0 saturated carbocycles. The first-order valence-electron chi connectivity index (χ1n) is 9.11. The lowest BCUT2D eigenvalue weighted by Gasteiger charge is -2.23. The second-order valence-corrected chi connectivity index (χ2v) is 6.43. The molecule has 3 aromatic rings. The van der Waals surface area contributed by atoms with E-state index in [1.165, 1.54) is 0 Å². The number of carbonyl (C=O) groups is 1. The van der Waals surface area contributed by atoms with Crippen molar-refractivity contribution in [3.8, 4) is 22.9 Å². The monoisotopic (exact) mass is 386 g/mol. The Morgan fingerprint density at radius 2 is 1.90 bits per heavy atom. The van der Waals surface area contributed by atoms with Crippen molar-refractivity contribution in [3.05, 3.63) is 77.9 Å². The minimum Gasteiger partial charge on any atom is -0.548 e. The summed E-state index contributed by atoms with van der Waals surface area (Å²) in [6.45, 7) is 2.30. The molecule has 0 aliphatic heterocycles. The highest BCUT2D eigenvalue weighted by atomic mass is 16.5. The number of anilines is 2. The van der Waals surface area contributed by atoms with Crippen LogP contribution in [0, 0.1) is 11.3 Å². The first-order chi connectivity index (χ1) is 14.0. The van der Waals surface area contributed by atoms with Crippen molar-refractivity contribution in [2.75, 3.05) is 17.7 Å². The van der Waals surface area contributed by atoms with Gasteiger partial charge in [-0.2, -0.15) is 5.26 Å². The summed E-state index contributed by atoms with van der Waals surface area (Å²) >= 11 is 0. The van der Waals surface area contributed by atoms with Gasteiger partial charge in [-0.25, -0.2) is 0 Å². The fourth-order valence-corrected chi connectivity index (χ4v) is 3.01. The number of nitrogens with zero attached hydrogens (tertiary/aromatic N) is 1. The van der Waals surface area contributed by atoms with Gasteiger partial charge in [0.1, 0.15) is 5.75 Å². The van der Waals surface area contributed by atoms with Crippen LogP contribution in [-0.4, -0.2) is 12.6 Å². The average molecular weight is 386 g/mol. The molecule has 0 radical (unpaired) electrons. The van der Waals surface area contributed by atoms with Gasteiger partial charge in [-0.15, -0.1) is 0 Å². The van der Waals surface area contributed by atoms with Crippen LogP contribution in [0.3, 0.4) is 0 Å². The minimum absolute atomic E-state index is 0.443. The summed E-state index contributed by atoms with van der Waals surface area (Å²) in [6.07, 6.45) is 0. The first-order valence-corrected chi connectivity index (χ1v) is 9.11. The summed E-state index contributed by atoms with van der Waals surface area (Å²) in [7, 11) is 0. The van der Waals surface area contributed by atoms with Crippen molar-refractivity contribution < 1.29 is 14.6 Å². The van der Waals surface area contributed by atoms with Crippen LogP contribution in [-0.2, 0) is 4.79 Å². The van der Waals surface area contributed by atoms with Crippen molar-refractivity contribution in [2.45, 2.75) is 13.0 Å². The lowest BCUT2D eigenvalue weighted by Crippen LogP contribution is -2.34. The van der Waals surface area contributed by atoms with Crippen LogP contribution >= 0.6 is 0 Å². The van der Waals surface area contributed by atoms with Crippen LogP contribution in [0.25, 0.3) is 11.1 Å². The predicted molar refractivity (Wildman–Crippen MR) is 110 cm³/mol. The van der Waals surface area contributed by atoms with Gasteiger partial charge in [-0.1, -0.05) is 12.1 Å². The normalized spacial score (nSPS) is 11.3. The highest BCUT2D eigenvalue weighted by Crippen LogP contribution is 2.31. The topological polar surface area (TPSA) is 111 Å². The van der Waals surface area contributed by atoms with Crippen LogP contribution in [0.4, 0.5) is 11.4 Å². The number of nitrogens with two attached hydrogens (primary N) is 1. The second-order valence-electron chi connectivity index (χ2n) is 6.43. The van der Waals surface area contributed by atoms with E-state index < -0.39 is 12.0 Å². The molecule has 0 bridgehead atoms. The number of rotatable bonds is 7. The van der Waals surface area contributed by atoms with Gasteiger partial charge in [-0.05, 0) is 78.2 Å². The SMILES string of the molecule is CCOc1cc(-c2cccc(N)c2)cc(C(Nc2ccc(C#N)cc2)C(=O)[O-])c1. The molecule has 0 fully saturated rings. The molecule has 29 heavy (non-hydrogen) atoms. The summed E-state index contributed by atoms with van der Waals surface area (Å²) in [6, 6.07) is 20.1. The Hall–Kier alpha value is -3.98. The lowest BCUT2D eigenvalue weighted by molar-refractivity contribution is -0.307. The molecule has 0 spiro atoms. The number of hydrogen-bond donors (Lipinski definition) is 2. The number of nitrogen functional groups attached to an aromatic ring is 1. The van der Waals surface area contributed by atoms with E-state index in [0.29, 0.717) is 34.9 Å². The molecule has 1 unspecified atom stereocenters. The van der Waals surface area contributed by atoms with E-state index in [9.17, 15) is 9.90 Å². The van der Waals surface area contributed by atoms with Crippen LogP contribution in [0.1, 0.15) is 24.1 Å². The van der Waals surface area contributed by atoms with Crippen LogP contribution in [0.2, 0.25) is 0 Å². The molecule has 146 valence electrons. The number of carbonyl (C=O) groups excluding carboxylic acids is 1. The molecule has 0 aliphatic carbocycles. The van der Waals surface area contributed by atoms with Crippen LogP contribution in [0.15, 0.2) is 66.7 Å². The van der Waals surface area contributed by atoms with Gasteiger partial charge in [0.05, 0.1) is 30.3 Å². The Bertz CT molecular complexity index is 1060. The molecular weight excluding hydrogens is 366 g/mol. The quantitative estimate of drug-likeness (QED) is 0.604. The third-order valence-electron chi connectivity index (χ3n) is 4.35. The second kappa shape index (κ2) is 8.81. The van der Waals surface area contributed by atoms with E-state index in [1.807, 2.05) is 37.3 Å². The number of benzene rings is 3. The summed E-state index contributed by atoms with van der Waals surface area (Å²) in [5.74, 6) is -0.725.